The number of carbonyl (C=O) groups excluding carboxylic acids is 3. The number of carbonyl (C=O) groups is 3. The summed E-state index contributed by atoms with van der Waals surface area (Å²) in [5, 5.41) is 0. The van der Waals surface area contributed by atoms with Crippen molar-refractivity contribution in [2.45, 2.75) is 277 Å². The summed E-state index contributed by atoms with van der Waals surface area (Å²) in [6.07, 6.45) is 81.2. The van der Waals surface area contributed by atoms with Gasteiger partial charge in [0.1, 0.15) is 13.2 Å². The molecule has 0 aromatic rings. The van der Waals surface area contributed by atoms with E-state index in [4.69, 9.17) is 14.2 Å². The van der Waals surface area contributed by atoms with E-state index in [1.54, 1.807) is 0 Å². The third-order valence-electron chi connectivity index (χ3n) is 12.5. The van der Waals surface area contributed by atoms with Gasteiger partial charge in [0.05, 0.1) is 0 Å². The van der Waals surface area contributed by atoms with E-state index in [0.717, 1.165) is 122 Å². The number of rotatable bonds is 53. The molecule has 0 radical (unpaired) electrons. The van der Waals surface area contributed by atoms with Gasteiger partial charge in [-0.15, -0.1) is 0 Å². The number of unbranched alkanes of at least 4 members (excludes halogenated alkanes) is 24. The maximum Gasteiger partial charge on any atom is 0.306 e. The summed E-state index contributed by atoms with van der Waals surface area (Å²) in [6, 6.07) is 0. The van der Waals surface area contributed by atoms with E-state index in [1.165, 1.54) is 109 Å². The number of ether oxygens (including phenoxy) is 3. The average molecular weight is 1000 g/mol. The molecule has 6 nitrogen and oxygen atoms in total. The largest absolute Gasteiger partial charge is 0.462 e. The van der Waals surface area contributed by atoms with Crippen LogP contribution in [0.4, 0.5) is 0 Å². The molecule has 0 amide bonds. The predicted octanol–water partition coefficient (Wildman–Crippen LogP) is 20.3. The molecule has 1 atom stereocenters. The highest BCUT2D eigenvalue weighted by Crippen LogP contribution is 2.16. The molecule has 0 aliphatic heterocycles. The predicted molar refractivity (Wildman–Crippen MR) is 311 cm³/mol. The van der Waals surface area contributed by atoms with Gasteiger partial charge in [-0.1, -0.05) is 259 Å². The lowest BCUT2D eigenvalue weighted by molar-refractivity contribution is -0.167. The van der Waals surface area contributed by atoms with Crippen molar-refractivity contribution in [2.24, 2.45) is 0 Å². The second-order valence-corrected chi connectivity index (χ2v) is 19.5. The van der Waals surface area contributed by atoms with Crippen LogP contribution >= 0.6 is 0 Å². The van der Waals surface area contributed by atoms with E-state index in [1.807, 2.05) is 0 Å². The van der Waals surface area contributed by atoms with Crippen LogP contribution in [0, 0.1) is 0 Å². The van der Waals surface area contributed by atoms with Gasteiger partial charge < -0.3 is 14.2 Å². The zero-order valence-corrected chi connectivity index (χ0v) is 46.9. The van der Waals surface area contributed by atoms with Crippen LogP contribution in [0.2, 0.25) is 0 Å². The minimum absolute atomic E-state index is 0.0880. The number of hydrogen-bond acceptors (Lipinski definition) is 6. The highest BCUT2D eigenvalue weighted by molar-refractivity contribution is 5.71. The number of esters is 3. The third kappa shape index (κ3) is 57.0. The lowest BCUT2D eigenvalue weighted by atomic mass is 10.0. The highest BCUT2D eigenvalue weighted by Gasteiger charge is 2.19. The van der Waals surface area contributed by atoms with Gasteiger partial charge in [0.25, 0.3) is 0 Å². The quantitative estimate of drug-likeness (QED) is 0.0261. The van der Waals surface area contributed by atoms with Crippen molar-refractivity contribution < 1.29 is 28.6 Å². The lowest BCUT2D eigenvalue weighted by Crippen LogP contribution is -2.30. The number of hydrogen-bond donors (Lipinski definition) is 0. The fourth-order valence-electron chi connectivity index (χ4n) is 8.11. The Morgan fingerprint density at radius 2 is 0.542 bits per heavy atom. The molecule has 6 heteroatoms. The monoisotopic (exact) mass is 999 g/mol. The molecule has 0 rings (SSSR count). The summed E-state index contributed by atoms with van der Waals surface area (Å²) in [6.45, 7) is 6.36. The van der Waals surface area contributed by atoms with Crippen LogP contribution in [0.3, 0.4) is 0 Å². The molecule has 1 unspecified atom stereocenters. The van der Waals surface area contributed by atoms with Crippen molar-refractivity contribution in [1.29, 1.82) is 0 Å². The van der Waals surface area contributed by atoms with E-state index >= 15 is 0 Å². The first-order valence-corrected chi connectivity index (χ1v) is 29.9. The van der Waals surface area contributed by atoms with Gasteiger partial charge in [-0.3, -0.25) is 14.4 Å². The van der Waals surface area contributed by atoms with Crippen molar-refractivity contribution in [2.75, 3.05) is 13.2 Å². The first-order valence-electron chi connectivity index (χ1n) is 29.9. The summed E-state index contributed by atoms with van der Waals surface area (Å²) in [7, 11) is 0. The normalized spacial score (nSPS) is 12.9. The van der Waals surface area contributed by atoms with Crippen LogP contribution in [0.25, 0.3) is 0 Å². The highest BCUT2D eigenvalue weighted by atomic mass is 16.6. The Bertz CT molecular complexity index is 1470. The smallest absolute Gasteiger partial charge is 0.306 e. The molecule has 0 aromatic heterocycles. The molecule has 0 aliphatic rings. The number of allylic oxidation sites excluding steroid dienone is 18. The summed E-state index contributed by atoms with van der Waals surface area (Å²) >= 11 is 0. The Morgan fingerprint density at radius 1 is 0.292 bits per heavy atom. The Morgan fingerprint density at radius 3 is 0.861 bits per heavy atom. The lowest BCUT2D eigenvalue weighted by Gasteiger charge is -2.18. The second-order valence-electron chi connectivity index (χ2n) is 19.5. The van der Waals surface area contributed by atoms with Gasteiger partial charge in [-0.05, 0) is 103 Å². The van der Waals surface area contributed by atoms with Gasteiger partial charge in [-0.25, -0.2) is 0 Å². The first-order chi connectivity index (χ1) is 35.5. The zero-order valence-electron chi connectivity index (χ0n) is 46.9. The van der Waals surface area contributed by atoms with Gasteiger partial charge in [-0.2, -0.15) is 0 Å². The molecular formula is C66H110O6. The standard InChI is InChI=1S/C66H110O6/c1-4-7-10-13-16-19-21-23-24-25-26-27-28-29-30-31-32-33-34-35-36-37-38-39-40-41-42-44-45-47-50-53-56-59-65(68)71-62-63(61-70-64(67)58-55-52-49-18-15-12-9-6-3)72-66(69)60-57-54-51-48-46-43-22-20-17-14-11-8-5-2/h7-8,10-11,16-17,19-20,23-24,26-27,29-30,32-33,43,46,63H,4-6,9,12-15,18,21-22,25,28,31,34-42,44-45,47-62H2,1-3H3/b10-7-,11-8-,19-16-,20-17-,24-23-,27-26-,30-29-,33-32-,46-43-. The summed E-state index contributed by atoms with van der Waals surface area (Å²) < 4.78 is 16.8. The Balaban J connectivity index is 4.08. The SMILES string of the molecule is CC/C=C\C/C=C\C/C=C\C/C=C\C/C=C\C/C=C\CCCCCCCCCCCCCCCCC(=O)OCC(COC(=O)CCCCCCCCCC)OC(=O)CCCCC/C=C\C/C=C\C/C=C\CC. The van der Waals surface area contributed by atoms with Crippen LogP contribution in [0.1, 0.15) is 271 Å². The van der Waals surface area contributed by atoms with Crippen LogP contribution in [0.5, 0.6) is 0 Å². The van der Waals surface area contributed by atoms with E-state index in [9.17, 15) is 14.4 Å². The molecule has 0 N–H and O–H groups in total. The molecular weight excluding hydrogens is 889 g/mol. The van der Waals surface area contributed by atoms with Crippen LogP contribution < -0.4 is 0 Å². The van der Waals surface area contributed by atoms with Crippen molar-refractivity contribution in [3.63, 3.8) is 0 Å². The molecule has 0 saturated carbocycles. The summed E-state index contributed by atoms with van der Waals surface area (Å²) in [5.41, 5.74) is 0. The molecule has 0 bridgehead atoms. The molecule has 0 aliphatic carbocycles. The van der Waals surface area contributed by atoms with Gasteiger partial charge in [0, 0.05) is 19.3 Å². The fourth-order valence-corrected chi connectivity index (χ4v) is 8.11. The minimum atomic E-state index is -0.790. The van der Waals surface area contributed by atoms with E-state index in [2.05, 4.69) is 130 Å². The Hall–Kier alpha value is -3.93. The molecule has 0 spiro atoms. The van der Waals surface area contributed by atoms with Crippen LogP contribution in [-0.4, -0.2) is 37.2 Å². The van der Waals surface area contributed by atoms with Crippen molar-refractivity contribution in [3.05, 3.63) is 109 Å². The topological polar surface area (TPSA) is 78.9 Å². The molecule has 72 heavy (non-hydrogen) atoms. The summed E-state index contributed by atoms with van der Waals surface area (Å²) in [4.78, 5) is 37.9. The zero-order chi connectivity index (χ0) is 52.2. The van der Waals surface area contributed by atoms with Gasteiger partial charge in [0.2, 0.25) is 0 Å². The second kappa shape index (κ2) is 59.6. The minimum Gasteiger partial charge on any atom is -0.462 e. The molecule has 410 valence electrons. The Labute approximate surface area is 444 Å². The van der Waals surface area contributed by atoms with Crippen LogP contribution in [-0.2, 0) is 28.6 Å². The van der Waals surface area contributed by atoms with Gasteiger partial charge >= 0.3 is 17.9 Å². The van der Waals surface area contributed by atoms with Crippen molar-refractivity contribution in [1.82, 2.24) is 0 Å². The summed E-state index contributed by atoms with van der Waals surface area (Å²) in [5.74, 6) is -0.921. The fraction of sp³-hybridized carbons (Fsp3) is 0.682. The third-order valence-corrected chi connectivity index (χ3v) is 12.5. The van der Waals surface area contributed by atoms with Crippen molar-refractivity contribution in [3.8, 4) is 0 Å². The Kier molecular flexibility index (Phi) is 56.4. The molecule has 0 saturated heterocycles. The van der Waals surface area contributed by atoms with Crippen LogP contribution in [0.15, 0.2) is 109 Å². The van der Waals surface area contributed by atoms with E-state index in [0.29, 0.717) is 19.3 Å². The molecule has 0 heterocycles. The average Bonchev–Trinajstić information content (AvgIpc) is 3.38. The maximum absolute atomic E-state index is 12.8. The molecule has 0 fully saturated rings. The van der Waals surface area contributed by atoms with E-state index in [-0.39, 0.29) is 31.1 Å². The van der Waals surface area contributed by atoms with E-state index < -0.39 is 6.10 Å². The van der Waals surface area contributed by atoms with Crippen molar-refractivity contribution >= 4 is 17.9 Å². The van der Waals surface area contributed by atoms with Gasteiger partial charge in [0.15, 0.2) is 6.10 Å². The first kappa shape index (κ1) is 68.1. The molecule has 0 aromatic carbocycles. The maximum atomic E-state index is 12.8.